The molecule has 2 aromatic rings. The van der Waals surface area contributed by atoms with Crippen LogP contribution in [0, 0.1) is 26.2 Å². The van der Waals surface area contributed by atoms with Gasteiger partial charge in [-0.15, -0.1) is 6.42 Å². The summed E-state index contributed by atoms with van der Waals surface area (Å²) in [6.07, 6.45) is 13.7. The predicted octanol–water partition coefficient (Wildman–Crippen LogP) is 4.48. The summed E-state index contributed by atoms with van der Waals surface area (Å²) < 4.78 is 0. The van der Waals surface area contributed by atoms with Gasteiger partial charge in [-0.1, -0.05) is 35.7 Å². The molecule has 0 spiro atoms. The topological polar surface area (TPSA) is 54.0 Å². The number of urea groups is 1. The van der Waals surface area contributed by atoms with Crippen LogP contribution in [0.1, 0.15) is 53.1 Å². The van der Waals surface area contributed by atoms with Crippen molar-refractivity contribution in [3.63, 3.8) is 0 Å². The second-order valence-electron chi connectivity index (χ2n) is 7.47. The number of hydrogen-bond acceptors (Lipinski definition) is 2. The van der Waals surface area contributed by atoms with Crippen LogP contribution in [0.3, 0.4) is 0 Å². The fraction of sp³-hybridized carbons (Fsp3) is 0.333. The molecule has 1 aromatic heterocycles. The van der Waals surface area contributed by atoms with Crippen molar-refractivity contribution in [3.05, 3.63) is 70.6 Å². The lowest BCUT2D eigenvalue weighted by Gasteiger charge is -2.15. The van der Waals surface area contributed by atoms with Crippen molar-refractivity contribution in [1.29, 1.82) is 0 Å². The lowest BCUT2D eigenvalue weighted by atomic mass is 9.96. The van der Waals surface area contributed by atoms with E-state index in [9.17, 15) is 4.79 Å². The molecule has 0 radical (unpaired) electrons. The molecule has 2 amide bonds. The van der Waals surface area contributed by atoms with E-state index in [1.54, 1.807) is 12.3 Å². The molecule has 1 saturated carbocycles. The lowest BCUT2D eigenvalue weighted by molar-refractivity contribution is 0.236. The molecule has 0 unspecified atom stereocenters. The summed E-state index contributed by atoms with van der Waals surface area (Å²) in [7, 11) is 0. The number of carbonyl (C=O) groups excluding carboxylic acids is 1. The molecule has 1 aliphatic rings. The Kier molecular flexibility index (Phi) is 6.49. The maximum Gasteiger partial charge on any atom is 0.315 e. The highest BCUT2D eigenvalue weighted by atomic mass is 16.2. The van der Waals surface area contributed by atoms with Crippen molar-refractivity contribution in [2.45, 2.75) is 51.6 Å². The fourth-order valence-corrected chi connectivity index (χ4v) is 3.73. The summed E-state index contributed by atoms with van der Waals surface area (Å²) in [4.78, 5) is 16.7. The minimum atomic E-state index is -0.129. The maximum absolute atomic E-state index is 12.4. The number of rotatable bonds is 5. The van der Waals surface area contributed by atoms with Crippen LogP contribution in [0.15, 0.2) is 42.6 Å². The molecular weight excluding hydrogens is 346 g/mol. The third kappa shape index (κ3) is 5.23. The van der Waals surface area contributed by atoms with Gasteiger partial charge in [0, 0.05) is 24.5 Å². The van der Waals surface area contributed by atoms with E-state index in [0.29, 0.717) is 12.5 Å². The normalized spacial score (nSPS) is 18.8. The third-order valence-corrected chi connectivity index (χ3v) is 5.28. The number of carbonyl (C=O) groups is 1. The van der Waals surface area contributed by atoms with Gasteiger partial charge in [-0.25, -0.2) is 4.79 Å². The number of amides is 2. The van der Waals surface area contributed by atoms with E-state index in [2.05, 4.69) is 52.7 Å². The van der Waals surface area contributed by atoms with Gasteiger partial charge in [0.15, 0.2) is 0 Å². The summed E-state index contributed by atoms with van der Waals surface area (Å²) in [6.45, 7) is 4.47. The number of aryl methyl sites for hydroxylation is 2. The van der Waals surface area contributed by atoms with E-state index < -0.39 is 0 Å². The van der Waals surface area contributed by atoms with Gasteiger partial charge in [0.05, 0.1) is 0 Å². The van der Waals surface area contributed by atoms with Gasteiger partial charge >= 0.3 is 6.03 Å². The standard InChI is InChI=1S/C24H27N3O/c1-4-5-6-21-15-25-18(3)13-22(21)16-26-24(28)27-23-12-11-20(14-23)19-9-7-17(2)8-10-19/h1,5-10,13,15,20,23H,11-12,14,16H2,2-3H3,(H2,26,27,28)/b6-5-/t20-,23+/m0/s1. The van der Waals surface area contributed by atoms with Crippen LogP contribution in [-0.4, -0.2) is 17.1 Å². The number of hydrogen-bond donors (Lipinski definition) is 2. The molecule has 1 heterocycles. The van der Waals surface area contributed by atoms with Crippen LogP contribution in [0.4, 0.5) is 4.79 Å². The van der Waals surface area contributed by atoms with Crippen molar-refractivity contribution >= 4 is 12.1 Å². The van der Waals surface area contributed by atoms with E-state index in [1.165, 1.54) is 11.1 Å². The van der Waals surface area contributed by atoms with Gasteiger partial charge in [-0.05, 0) is 73.9 Å². The van der Waals surface area contributed by atoms with Gasteiger partial charge < -0.3 is 10.6 Å². The van der Waals surface area contributed by atoms with Gasteiger partial charge in [-0.3, -0.25) is 4.98 Å². The summed E-state index contributed by atoms with van der Waals surface area (Å²) in [5.41, 5.74) is 5.47. The molecule has 0 saturated heterocycles. The average molecular weight is 374 g/mol. The number of aromatic nitrogens is 1. The highest BCUT2D eigenvalue weighted by Crippen LogP contribution is 2.34. The molecule has 3 rings (SSSR count). The quantitative estimate of drug-likeness (QED) is 0.759. The highest BCUT2D eigenvalue weighted by Gasteiger charge is 2.26. The second-order valence-corrected chi connectivity index (χ2v) is 7.47. The number of nitrogens with zero attached hydrogens (tertiary/aromatic N) is 1. The Balaban J connectivity index is 1.53. The Morgan fingerprint density at radius 2 is 2.07 bits per heavy atom. The van der Waals surface area contributed by atoms with E-state index in [0.717, 1.165) is 36.1 Å². The number of benzene rings is 1. The highest BCUT2D eigenvalue weighted by molar-refractivity contribution is 5.74. The first-order chi connectivity index (χ1) is 13.5. The average Bonchev–Trinajstić information content (AvgIpc) is 3.14. The van der Waals surface area contributed by atoms with E-state index in [4.69, 9.17) is 6.42 Å². The lowest BCUT2D eigenvalue weighted by Crippen LogP contribution is -2.40. The Hall–Kier alpha value is -3.06. The van der Waals surface area contributed by atoms with Gasteiger partial charge in [-0.2, -0.15) is 0 Å². The first kappa shape index (κ1) is 19.7. The molecular formula is C24H27N3O. The summed E-state index contributed by atoms with van der Waals surface area (Å²) in [5, 5.41) is 6.09. The summed E-state index contributed by atoms with van der Waals surface area (Å²) >= 11 is 0. The maximum atomic E-state index is 12.4. The predicted molar refractivity (Wildman–Crippen MR) is 114 cm³/mol. The zero-order chi connectivity index (χ0) is 19.9. The Morgan fingerprint density at radius 3 is 2.82 bits per heavy atom. The van der Waals surface area contributed by atoms with Crippen molar-refractivity contribution in [2.24, 2.45) is 0 Å². The first-order valence-electron chi connectivity index (χ1n) is 9.74. The van der Waals surface area contributed by atoms with Crippen LogP contribution in [0.25, 0.3) is 6.08 Å². The smallest absolute Gasteiger partial charge is 0.315 e. The second kappa shape index (κ2) is 9.23. The van der Waals surface area contributed by atoms with Gasteiger partial charge in [0.25, 0.3) is 0 Å². The molecule has 4 nitrogen and oxygen atoms in total. The zero-order valence-electron chi connectivity index (χ0n) is 16.5. The molecule has 0 aliphatic heterocycles. The van der Waals surface area contributed by atoms with E-state index >= 15 is 0 Å². The minimum Gasteiger partial charge on any atom is -0.335 e. The van der Waals surface area contributed by atoms with Crippen LogP contribution >= 0.6 is 0 Å². The van der Waals surface area contributed by atoms with E-state index in [1.807, 2.05) is 19.1 Å². The molecule has 144 valence electrons. The van der Waals surface area contributed by atoms with Gasteiger partial charge in [0.1, 0.15) is 0 Å². The van der Waals surface area contributed by atoms with Crippen molar-refractivity contribution < 1.29 is 4.79 Å². The molecule has 1 fully saturated rings. The van der Waals surface area contributed by atoms with Crippen LogP contribution in [-0.2, 0) is 6.54 Å². The molecule has 4 heteroatoms. The Labute approximate surface area is 167 Å². The number of allylic oxidation sites excluding steroid dienone is 1. The van der Waals surface area contributed by atoms with Crippen molar-refractivity contribution in [2.75, 3.05) is 0 Å². The van der Waals surface area contributed by atoms with Gasteiger partial charge in [0.2, 0.25) is 0 Å². The molecule has 1 aliphatic carbocycles. The third-order valence-electron chi connectivity index (χ3n) is 5.28. The number of pyridine rings is 1. The van der Waals surface area contributed by atoms with E-state index in [-0.39, 0.29) is 12.1 Å². The van der Waals surface area contributed by atoms with Crippen LogP contribution in [0.2, 0.25) is 0 Å². The SMILES string of the molecule is C#C/C=C\c1cnc(C)cc1CNC(=O)N[C@@H]1CC[C@H](c2ccc(C)cc2)C1. The number of nitrogens with one attached hydrogen (secondary N) is 2. The molecule has 2 N–H and O–H groups in total. The molecule has 0 bridgehead atoms. The Morgan fingerprint density at radius 1 is 1.29 bits per heavy atom. The largest absolute Gasteiger partial charge is 0.335 e. The fourth-order valence-electron chi connectivity index (χ4n) is 3.73. The minimum absolute atomic E-state index is 0.129. The Bertz CT molecular complexity index is 893. The number of terminal acetylenes is 1. The molecule has 2 atom stereocenters. The van der Waals surface area contributed by atoms with Crippen molar-refractivity contribution in [1.82, 2.24) is 15.6 Å². The summed E-state index contributed by atoms with van der Waals surface area (Å²) in [6, 6.07) is 10.8. The van der Waals surface area contributed by atoms with Crippen LogP contribution < -0.4 is 10.6 Å². The molecule has 1 aromatic carbocycles. The molecule has 28 heavy (non-hydrogen) atoms. The monoisotopic (exact) mass is 373 g/mol. The zero-order valence-corrected chi connectivity index (χ0v) is 16.5. The first-order valence-corrected chi connectivity index (χ1v) is 9.74. The van der Waals surface area contributed by atoms with Crippen LogP contribution in [0.5, 0.6) is 0 Å². The summed E-state index contributed by atoms with van der Waals surface area (Å²) in [5.74, 6) is 3.01. The van der Waals surface area contributed by atoms with Crippen molar-refractivity contribution in [3.8, 4) is 12.3 Å².